The third kappa shape index (κ3) is 5.45. The maximum Gasteiger partial charge on any atom is 0.449 e. The molecular weight excluding hydrogens is 496 g/mol. The first-order chi connectivity index (χ1) is 15.0. The molecule has 2 aromatic rings. The number of halogens is 4. The SMILES string of the molecule is CCC(C)c1ccc2cc(C(=O)OCCOS(=O)(=O)C(F)(F)C(F)(F)S(=O)(=O)O)ccc2c1. The summed E-state index contributed by atoms with van der Waals surface area (Å²) in [7, 11) is -13.3. The highest BCUT2D eigenvalue weighted by atomic mass is 32.2. The molecule has 0 fully saturated rings. The van der Waals surface area contributed by atoms with Crippen LogP contribution in [-0.2, 0) is 29.2 Å². The van der Waals surface area contributed by atoms with Crippen molar-refractivity contribution in [3.8, 4) is 0 Å². The molecule has 0 aliphatic rings. The fraction of sp³-hybridized carbons (Fsp3) is 0.421. The van der Waals surface area contributed by atoms with Gasteiger partial charge in [0.25, 0.3) is 0 Å². The van der Waals surface area contributed by atoms with Gasteiger partial charge in [0, 0.05) is 0 Å². The van der Waals surface area contributed by atoms with Crippen molar-refractivity contribution in [2.75, 3.05) is 13.2 Å². The monoisotopic (exact) mass is 516 g/mol. The molecule has 0 aliphatic heterocycles. The number of ether oxygens (including phenoxy) is 1. The predicted molar refractivity (Wildman–Crippen MR) is 109 cm³/mol. The van der Waals surface area contributed by atoms with Crippen molar-refractivity contribution in [2.24, 2.45) is 0 Å². The van der Waals surface area contributed by atoms with Crippen molar-refractivity contribution < 1.29 is 52.7 Å². The molecule has 0 aliphatic carbocycles. The number of hydrogen-bond acceptors (Lipinski definition) is 7. The minimum Gasteiger partial charge on any atom is -0.460 e. The van der Waals surface area contributed by atoms with Crippen molar-refractivity contribution in [1.29, 1.82) is 0 Å². The molecule has 0 saturated heterocycles. The fourth-order valence-electron chi connectivity index (χ4n) is 2.66. The zero-order chi connectivity index (χ0) is 25.2. The van der Waals surface area contributed by atoms with Crippen LogP contribution in [0.3, 0.4) is 0 Å². The molecule has 8 nitrogen and oxygen atoms in total. The van der Waals surface area contributed by atoms with Crippen LogP contribution in [0.4, 0.5) is 17.6 Å². The second kappa shape index (κ2) is 9.52. The maximum atomic E-state index is 13.5. The Labute approximate surface area is 187 Å². The lowest BCUT2D eigenvalue weighted by molar-refractivity contribution is -0.107. The van der Waals surface area contributed by atoms with Crippen molar-refractivity contribution in [3.63, 3.8) is 0 Å². The second-order valence-corrected chi connectivity index (χ2v) is 10.2. The Morgan fingerprint density at radius 2 is 1.55 bits per heavy atom. The van der Waals surface area contributed by atoms with Gasteiger partial charge in [-0.05, 0) is 40.8 Å². The van der Waals surface area contributed by atoms with Gasteiger partial charge in [-0.25, -0.2) is 4.79 Å². The van der Waals surface area contributed by atoms with E-state index < -0.39 is 49.9 Å². The van der Waals surface area contributed by atoms with Crippen molar-refractivity contribution >= 4 is 37.0 Å². The normalized spacial score (nSPS) is 14.3. The molecule has 0 saturated carbocycles. The molecule has 1 N–H and O–H groups in total. The van der Waals surface area contributed by atoms with E-state index in [0.29, 0.717) is 11.3 Å². The Hall–Kier alpha value is -2.29. The molecule has 14 heteroatoms. The Morgan fingerprint density at radius 3 is 2.12 bits per heavy atom. The lowest BCUT2D eigenvalue weighted by atomic mass is 9.95. The largest absolute Gasteiger partial charge is 0.460 e. The first-order valence-corrected chi connectivity index (χ1v) is 12.2. The fourth-order valence-corrected chi connectivity index (χ4v) is 4.31. The van der Waals surface area contributed by atoms with E-state index in [4.69, 9.17) is 4.55 Å². The van der Waals surface area contributed by atoms with Crippen LogP contribution in [0.15, 0.2) is 36.4 Å². The van der Waals surface area contributed by atoms with E-state index in [1.165, 1.54) is 12.1 Å². The number of rotatable bonds is 10. The summed E-state index contributed by atoms with van der Waals surface area (Å²) in [5.74, 6) is -0.640. The van der Waals surface area contributed by atoms with Crippen LogP contribution in [0.5, 0.6) is 0 Å². The summed E-state index contributed by atoms with van der Waals surface area (Å²) in [5, 5.41) is -11.1. The van der Waals surface area contributed by atoms with Crippen LogP contribution in [-0.4, -0.2) is 51.1 Å². The van der Waals surface area contributed by atoms with Crippen LogP contribution in [0.25, 0.3) is 10.8 Å². The van der Waals surface area contributed by atoms with E-state index in [-0.39, 0.29) is 5.56 Å². The smallest absolute Gasteiger partial charge is 0.449 e. The van der Waals surface area contributed by atoms with E-state index in [1.54, 1.807) is 12.1 Å². The summed E-state index contributed by atoms with van der Waals surface area (Å²) in [6.07, 6.45) is 0.938. The zero-order valence-corrected chi connectivity index (χ0v) is 18.9. The Kier molecular flexibility index (Phi) is 7.78. The Bertz CT molecular complexity index is 1240. The van der Waals surface area contributed by atoms with Gasteiger partial charge in [-0.1, -0.05) is 38.1 Å². The minimum atomic E-state index is -6.78. The highest BCUT2D eigenvalue weighted by molar-refractivity contribution is 7.91. The molecule has 0 spiro atoms. The lowest BCUT2D eigenvalue weighted by Gasteiger charge is -2.22. The highest BCUT2D eigenvalue weighted by Crippen LogP contribution is 2.42. The summed E-state index contributed by atoms with van der Waals surface area (Å²) >= 11 is 0. The van der Waals surface area contributed by atoms with Gasteiger partial charge in [-0.3, -0.25) is 8.74 Å². The van der Waals surface area contributed by atoms with Crippen LogP contribution < -0.4 is 0 Å². The number of fused-ring (bicyclic) bond motifs is 1. The summed E-state index contributed by atoms with van der Waals surface area (Å²) in [5.41, 5.74) is 1.15. The molecule has 184 valence electrons. The molecule has 0 aromatic heterocycles. The van der Waals surface area contributed by atoms with Gasteiger partial charge in [0.05, 0.1) is 5.56 Å². The maximum absolute atomic E-state index is 13.5. The van der Waals surface area contributed by atoms with Crippen molar-refractivity contribution in [1.82, 2.24) is 0 Å². The number of alkyl halides is 4. The number of hydrogen-bond donors (Lipinski definition) is 1. The topological polar surface area (TPSA) is 124 Å². The number of esters is 1. The summed E-state index contributed by atoms with van der Waals surface area (Å²) in [6.45, 7) is 1.87. The van der Waals surface area contributed by atoms with Crippen molar-refractivity contribution in [2.45, 2.75) is 36.7 Å². The quantitative estimate of drug-likeness (QED) is 0.166. The van der Waals surface area contributed by atoms with E-state index in [2.05, 4.69) is 15.8 Å². The van der Waals surface area contributed by atoms with Crippen LogP contribution in [0, 0.1) is 0 Å². The Morgan fingerprint density at radius 1 is 0.970 bits per heavy atom. The van der Waals surface area contributed by atoms with Gasteiger partial charge in [0.15, 0.2) is 0 Å². The molecule has 1 atom stereocenters. The van der Waals surface area contributed by atoms with Crippen LogP contribution >= 0.6 is 0 Å². The summed E-state index contributed by atoms with van der Waals surface area (Å²) < 4.78 is 113. The first kappa shape index (κ1) is 27.0. The Balaban J connectivity index is 2.03. The number of benzene rings is 2. The van der Waals surface area contributed by atoms with Gasteiger partial charge in [0.2, 0.25) is 0 Å². The molecular formula is C19H20F4O8S2. The van der Waals surface area contributed by atoms with Gasteiger partial charge < -0.3 is 4.74 Å². The third-order valence-electron chi connectivity index (χ3n) is 4.81. The standard InChI is InChI=1S/C19H20F4O8S2/c1-3-12(2)13-4-5-15-11-16(7-6-14(15)10-13)17(24)30-8-9-31-33(28,29)19(22,23)18(20,21)32(25,26)27/h4-7,10-12H,3,8-9H2,1-2H3,(H,25,26,27). The zero-order valence-electron chi connectivity index (χ0n) is 17.3. The number of carbonyl (C=O) groups excluding carboxylic acids is 1. The summed E-state index contributed by atoms with van der Waals surface area (Å²) in [4.78, 5) is 12.1. The van der Waals surface area contributed by atoms with Gasteiger partial charge in [-0.15, -0.1) is 0 Å². The first-order valence-electron chi connectivity index (χ1n) is 9.37. The van der Waals surface area contributed by atoms with Gasteiger partial charge in [-0.2, -0.15) is 34.4 Å². The van der Waals surface area contributed by atoms with E-state index in [0.717, 1.165) is 17.4 Å². The average molecular weight is 516 g/mol. The molecule has 0 amide bonds. The predicted octanol–water partition coefficient (Wildman–Crippen LogP) is 3.93. The van der Waals surface area contributed by atoms with Gasteiger partial charge in [0.1, 0.15) is 13.2 Å². The minimum absolute atomic E-state index is 0.0462. The molecule has 0 radical (unpaired) electrons. The molecule has 33 heavy (non-hydrogen) atoms. The van der Waals surface area contributed by atoms with Crippen LogP contribution in [0.1, 0.15) is 42.1 Å². The highest BCUT2D eigenvalue weighted by Gasteiger charge is 2.74. The van der Waals surface area contributed by atoms with E-state index >= 15 is 0 Å². The average Bonchev–Trinajstić information content (AvgIpc) is 2.74. The third-order valence-corrected chi connectivity index (χ3v) is 7.21. The van der Waals surface area contributed by atoms with E-state index in [1.807, 2.05) is 19.1 Å². The van der Waals surface area contributed by atoms with E-state index in [9.17, 15) is 39.2 Å². The second-order valence-electron chi connectivity index (χ2n) is 7.05. The molecule has 2 rings (SSSR count). The van der Waals surface area contributed by atoms with Crippen LogP contribution in [0.2, 0.25) is 0 Å². The molecule has 0 bridgehead atoms. The molecule has 2 aromatic carbocycles. The number of carbonyl (C=O) groups is 1. The molecule has 0 heterocycles. The lowest BCUT2D eigenvalue weighted by Crippen LogP contribution is -2.52. The van der Waals surface area contributed by atoms with Crippen molar-refractivity contribution in [3.05, 3.63) is 47.5 Å². The molecule has 1 unspecified atom stereocenters. The summed E-state index contributed by atoms with van der Waals surface area (Å²) in [6, 6.07) is 10.2. The van der Waals surface area contributed by atoms with Gasteiger partial charge >= 0.3 is 36.7 Å².